The van der Waals surface area contributed by atoms with E-state index < -0.39 is 10.0 Å². The molecule has 0 spiro atoms. The lowest BCUT2D eigenvalue weighted by Gasteiger charge is -2.20. The molecule has 0 atom stereocenters. The maximum absolute atomic E-state index is 12.7. The number of para-hydroxylation sites is 1. The first-order chi connectivity index (χ1) is 13.3. The van der Waals surface area contributed by atoms with E-state index in [9.17, 15) is 13.2 Å². The van der Waals surface area contributed by atoms with Crippen LogP contribution in [0.2, 0.25) is 0 Å². The standard InChI is InChI=1S/C20H23BrN2O4S/c1-14(2)27-19-13-16(21)7-8-17(19)20(24)22-10-12-28(25,26)23-11-9-15-5-3-4-6-18(15)23/h3-8,13-14H,9-12H2,1-2H3,(H,22,24). The van der Waals surface area contributed by atoms with Gasteiger partial charge in [-0.3, -0.25) is 9.10 Å². The van der Waals surface area contributed by atoms with E-state index in [-0.39, 0.29) is 24.3 Å². The lowest BCUT2D eigenvalue weighted by Crippen LogP contribution is -2.37. The van der Waals surface area contributed by atoms with E-state index in [4.69, 9.17) is 4.74 Å². The molecule has 1 N–H and O–H groups in total. The SMILES string of the molecule is CC(C)Oc1cc(Br)ccc1C(=O)NCCS(=O)(=O)N1CCc2ccccc21. The topological polar surface area (TPSA) is 75.7 Å². The third kappa shape index (κ3) is 4.67. The fraction of sp³-hybridized carbons (Fsp3) is 0.350. The summed E-state index contributed by atoms with van der Waals surface area (Å²) in [5.74, 6) is -0.0670. The van der Waals surface area contributed by atoms with Crippen molar-refractivity contribution in [2.75, 3.05) is 23.1 Å². The second-order valence-electron chi connectivity index (χ2n) is 6.83. The third-order valence-electron chi connectivity index (χ3n) is 4.38. The van der Waals surface area contributed by atoms with Gasteiger partial charge in [0.05, 0.1) is 23.1 Å². The molecule has 1 aliphatic rings. The Labute approximate surface area is 174 Å². The molecule has 0 radical (unpaired) electrons. The van der Waals surface area contributed by atoms with Gasteiger partial charge in [0.25, 0.3) is 5.91 Å². The number of nitrogens with one attached hydrogen (secondary N) is 1. The van der Waals surface area contributed by atoms with Gasteiger partial charge in [-0.15, -0.1) is 0 Å². The van der Waals surface area contributed by atoms with E-state index in [0.717, 1.165) is 15.7 Å². The van der Waals surface area contributed by atoms with Crippen LogP contribution in [0.1, 0.15) is 29.8 Å². The maximum atomic E-state index is 12.7. The monoisotopic (exact) mass is 466 g/mol. The summed E-state index contributed by atoms with van der Waals surface area (Å²) in [6.07, 6.45) is 0.618. The maximum Gasteiger partial charge on any atom is 0.255 e. The summed E-state index contributed by atoms with van der Waals surface area (Å²) in [5.41, 5.74) is 2.13. The molecule has 2 aromatic carbocycles. The second kappa shape index (κ2) is 8.53. The van der Waals surface area contributed by atoms with E-state index in [1.54, 1.807) is 18.2 Å². The third-order valence-corrected chi connectivity index (χ3v) is 6.64. The smallest absolute Gasteiger partial charge is 0.255 e. The van der Waals surface area contributed by atoms with Crippen molar-refractivity contribution in [1.29, 1.82) is 0 Å². The van der Waals surface area contributed by atoms with Crippen LogP contribution in [0.25, 0.3) is 0 Å². The van der Waals surface area contributed by atoms with Gasteiger partial charge in [-0.05, 0) is 50.1 Å². The lowest BCUT2D eigenvalue weighted by atomic mass is 10.2. The molecule has 0 saturated carbocycles. The minimum atomic E-state index is -3.51. The summed E-state index contributed by atoms with van der Waals surface area (Å²) < 4.78 is 33.4. The average Bonchev–Trinajstić information content (AvgIpc) is 3.06. The molecule has 2 aromatic rings. The quantitative estimate of drug-likeness (QED) is 0.678. The molecule has 1 amide bonds. The van der Waals surface area contributed by atoms with Crippen molar-refractivity contribution in [2.45, 2.75) is 26.4 Å². The summed E-state index contributed by atoms with van der Waals surface area (Å²) in [6.45, 7) is 4.22. The number of nitrogens with zero attached hydrogens (tertiary/aromatic N) is 1. The number of rotatable bonds is 7. The number of amides is 1. The van der Waals surface area contributed by atoms with Gasteiger partial charge < -0.3 is 10.1 Å². The zero-order valence-electron chi connectivity index (χ0n) is 15.8. The van der Waals surface area contributed by atoms with Crippen LogP contribution in [0, 0.1) is 0 Å². The Hall–Kier alpha value is -2.06. The van der Waals surface area contributed by atoms with Gasteiger partial charge in [0, 0.05) is 17.6 Å². The number of sulfonamides is 1. The van der Waals surface area contributed by atoms with E-state index in [0.29, 0.717) is 24.3 Å². The van der Waals surface area contributed by atoms with Crippen molar-refractivity contribution < 1.29 is 17.9 Å². The van der Waals surface area contributed by atoms with Crippen molar-refractivity contribution in [2.24, 2.45) is 0 Å². The van der Waals surface area contributed by atoms with Crippen molar-refractivity contribution in [3.63, 3.8) is 0 Å². The zero-order valence-corrected chi connectivity index (χ0v) is 18.2. The first-order valence-corrected chi connectivity index (χ1v) is 11.5. The van der Waals surface area contributed by atoms with Crippen molar-refractivity contribution in [3.8, 4) is 5.75 Å². The van der Waals surface area contributed by atoms with Crippen LogP contribution in [-0.2, 0) is 16.4 Å². The summed E-state index contributed by atoms with van der Waals surface area (Å²) >= 11 is 3.37. The van der Waals surface area contributed by atoms with Crippen LogP contribution >= 0.6 is 15.9 Å². The largest absolute Gasteiger partial charge is 0.490 e. The van der Waals surface area contributed by atoms with Crippen molar-refractivity contribution in [1.82, 2.24) is 5.32 Å². The van der Waals surface area contributed by atoms with Gasteiger partial charge in [-0.25, -0.2) is 8.42 Å². The lowest BCUT2D eigenvalue weighted by molar-refractivity contribution is 0.0950. The number of hydrogen-bond donors (Lipinski definition) is 1. The molecule has 1 heterocycles. The zero-order chi connectivity index (χ0) is 20.3. The number of hydrogen-bond acceptors (Lipinski definition) is 4. The molecule has 0 unspecified atom stereocenters. The molecular weight excluding hydrogens is 444 g/mol. The van der Waals surface area contributed by atoms with Crippen molar-refractivity contribution >= 4 is 37.5 Å². The average molecular weight is 467 g/mol. The normalized spacial score (nSPS) is 13.5. The van der Waals surface area contributed by atoms with Gasteiger partial charge >= 0.3 is 0 Å². The predicted octanol–water partition coefficient (Wildman–Crippen LogP) is 3.36. The van der Waals surface area contributed by atoms with Crippen LogP contribution in [0.5, 0.6) is 5.75 Å². The Morgan fingerprint density at radius 2 is 2.00 bits per heavy atom. The van der Waals surface area contributed by atoms with E-state index >= 15 is 0 Å². The number of halogens is 1. The Bertz CT molecular complexity index is 976. The molecule has 3 rings (SSSR count). The fourth-order valence-corrected chi connectivity index (χ4v) is 4.90. The van der Waals surface area contributed by atoms with Crippen LogP contribution in [-0.4, -0.2) is 39.3 Å². The first kappa shape index (κ1) is 20.7. The Morgan fingerprint density at radius 1 is 1.25 bits per heavy atom. The minimum Gasteiger partial charge on any atom is -0.490 e. The highest BCUT2D eigenvalue weighted by Gasteiger charge is 2.28. The first-order valence-electron chi connectivity index (χ1n) is 9.10. The Balaban J connectivity index is 1.65. The Kier molecular flexibility index (Phi) is 6.30. The second-order valence-corrected chi connectivity index (χ2v) is 9.76. The predicted molar refractivity (Wildman–Crippen MR) is 114 cm³/mol. The summed E-state index contributed by atoms with van der Waals surface area (Å²) in [7, 11) is -3.51. The minimum absolute atomic E-state index is 0.0248. The fourth-order valence-electron chi connectivity index (χ4n) is 3.13. The van der Waals surface area contributed by atoms with Gasteiger partial charge in [-0.2, -0.15) is 0 Å². The molecule has 0 bridgehead atoms. The highest BCUT2D eigenvalue weighted by atomic mass is 79.9. The van der Waals surface area contributed by atoms with Crippen LogP contribution in [0.3, 0.4) is 0 Å². The van der Waals surface area contributed by atoms with E-state index in [1.165, 1.54) is 4.31 Å². The summed E-state index contributed by atoms with van der Waals surface area (Å²) in [4.78, 5) is 12.5. The van der Waals surface area contributed by atoms with Gasteiger partial charge in [0.15, 0.2) is 0 Å². The van der Waals surface area contributed by atoms with Gasteiger partial charge in [-0.1, -0.05) is 34.1 Å². The molecule has 8 heteroatoms. The number of ether oxygens (including phenoxy) is 1. The van der Waals surface area contributed by atoms with Crippen molar-refractivity contribution in [3.05, 3.63) is 58.1 Å². The molecule has 0 aromatic heterocycles. The molecule has 150 valence electrons. The van der Waals surface area contributed by atoms with Gasteiger partial charge in [0.1, 0.15) is 5.75 Å². The molecular formula is C20H23BrN2O4S. The number of anilines is 1. The summed E-state index contributed by atoms with van der Waals surface area (Å²) in [6, 6.07) is 12.6. The number of fused-ring (bicyclic) bond motifs is 1. The molecule has 0 saturated heterocycles. The van der Waals surface area contributed by atoms with Crippen LogP contribution in [0.15, 0.2) is 46.9 Å². The van der Waals surface area contributed by atoms with Crippen LogP contribution < -0.4 is 14.4 Å². The number of carbonyl (C=O) groups is 1. The summed E-state index contributed by atoms with van der Waals surface area (Å²) in [5, 5.41) is 2.70. The molecule has 6 nitrogen and oxygen atoms in total. The number of benzene rings is 2. The molecule has 1 aliphatic heterocycles. The van der Waals surface area contributed by atoms with Crippen LogP contribution in [0.4, 0.5) is 5.69 Å². The molecule has 28 heavy (non-hydrogen) atoms. The number of carbonyl (C=O) groups excluding carboxylic acids is 1. The highest BCUT2D eigenvalue weighted by molar-refractivity contribution is 9.10. The van der Waals surface area contributed by atoms with E-state index in [1.807, 2.05) is 38.1 Å². The van der Waals surface area contributed by atoms with Gasteiger partial charge in [0.2, 0.25) is 10.0 Å². The molecule has 0 fully saturated rings. The van der Waals surface area contributed by atoms with E-state index in [2.05, 4.69) is 21.2 Å². The molecule has 0 aliphatic carbocycles. The Morgan fingerprint density at radius 3 is 2.75 bits per heavy atom. The highest BCUT2D eigenvalue weighted by Crippen LogP contribution is 2.30.